The van der Waals surface area contributed by atoms with E-state index in [0.29, 0.717) is 5.01 Å². The molecule has 0 aliphatic heterocycles. The highest BCUT2D eigenvalue weighted by atomic mass is 32.2. The summed E-state index contributed by atoms with van der Waals surface area (Å²) in [6, 6.07) is 9.91. The van der Waals surface area contributed by atoms with Gasteiger partial charge in [0.2, 0.25) is 15.8 Å². The van der Waals surface area contributed by atoms with Crippen molar-refractivity contribution in [2.75, 3.05) is 7.05 Å². The minimum atomic E-state index is -4.02. The molecule has 0 N–H and O–H groups in total. The molecule has 3 rings (SSSR count). The molecule has 0 aliphatic carbocycles. The largest absolute Gasteiger partial charge is 0.306 e. The number of fused-ring (bicyclic) bond motifs is 1. The van der Waals surface area contributed by atoms with Gasteiger partial charge in [-0.3, -0.25) is 10.1 Å². The van der Waals surface area contributed by atoms with Gasteiger partial charge in [-0.2, -0.15) is 8.70 Å². The predicted octanol–water partition coefficient (Wildman–Crippen LogP) is 3.16. The van der Waals surface area contributed by atoms with Gasteiger partial charge in [0.1, 0.15) is 5.01 Å². The number of hydrogen-bond donors (Lipinski definition) is 0. The van der Waals surface area contributed by atoms with Crippen LogP contribution in [0.3, 0.4) is 0 Å². The molecule has 7 nitrogen and oxygen atoms in total. The van der Waals surface area contributed by atoms with Gasteiger partial charge in [0.15, 0.2) is 0 Å². The van der Waals surface area contributed by atoms with Crippen LogP contribution in [0.15, 0.2) is 47.4 Å². The summed E-state index contributed by atoms with van der Waals surface area (Å²) in [5, 5.41) is 11.4. The molecule has 1 heterocycles. The van der Waals surface area contributed by atoms with Crippen LogP contribution in [0, 0.1) is 15.9 Å². The summed E-state index contributed by atoms with van der Waals surface area (Å²) in [6.45, 7) is 0.00680. The first kappa shape index (κ1) is 17.4. The highest BCUT2D eigenvalue weighted by Gasteiger charge is 2.26. The lowest BCUT2D eigenvalue weighted by Crippen LogP contribution is -2.26. The van der Waals surface area contributed by atoms with Crippen molar-refractivity contribution < 1.29 is 17.7 Å². The summed E-state index contributed by atoms with van der Waals surface area (Å²) in [7, 11) is -2.67. The maximum Gasteiger partial charge on any atom is 0.306 e. The summed E-state index contributed by atoms with van der Waals surface area (Å²) < 4.78 is 40.6. The van der Waals surface area contributed by atoms with Gasteiger partial charge >= 0.3 is 5.69 Å². The van der Waals surface area contributed by atoms with E-state index in [-0.39, 0.29) is 11.4 Å². The normalized spacial score (nSPS) is 12.0. The number of nitro benzene ring substituents is 1. The van der Waals surface area contributed by atoms with Gasteiger partial charge in [-0.1, -0.05) is 12.1 Å². The van der Waals surface area contributed by atoms with Crippen LogP contribution in [0.25, 0.3) is 10.2 Å². The minimum absolute atomic E-state index is 0.00680. The van der Waals surface area contributed by atoms with Gasteiger partial charge in [0, 0.05) is 13.1 Å². The fourth-order valence-electron chi connectivity index (χ4n) is 2.24. The number of benzene rings is 2. The zero-order chi connectivity index (χ0) is 18.2. The first-order valence-electron chi connectivity index (χ1n) is 7.04. The monoisotopic (exact) mass is 381 g/mol. The SMILES string of the molecule is CN(Cc1nc2ccccc2s1)S(=O)(=O)c1ccc(F)c([N+](=O)[O-])c1. The Morgan fingerprint density at radius 2 is 2.00 bits per heavy atom. The van der Waals surface area contributed by atoms with Gasteiger partial charge in [0.25, 0.3) is 0 Å². The Bertz CT molecular complexity index is 1030. The molecular formula is C15H12FN3O4S2. The fraction of sp³-hybridized carbons (Fsp3) is 0.133. The summed E-state index contributed by atoms with van der Waals surface area (Å²) >= 11 is 1.36. The number of sulfonamides is 1. The molecule has 0 fully saturated rings. The Morgan fingerprint density at radius 3 is 2.68 bits per heavy atom. The number of halogens is 1. The Labute approximate surface area is 146 Å². The maximum absolute atomic E-state index is 13.4. The van der Waals surface area contributed by atoms with Crippen LogP contribution < -0.4 is 0 Å². The molecule has 25 heavy (non-hydrogen) atoms. The molecule has 3 aromatic rings. The summed E-state index contributed by atoms with van der Waals surface area (Å²) in [4.78, 5) is 13.9. The van der Waals surface area contributed by atoms with Gasteiger partial charge in [-0.15, -0.1) is 11.3 Å². The molecule has 0 atom stereocenters. The number of aromatic nitrogens is 1. The first-order valence-corrected chi connectivity index (χ1v) is 9.29. The first-order chi connectivity index (χ1) is 11.8. The third kappa shape index (κ3) is 3.36. The van der Waals surface area contributed by atoms with E-state index in [1.807, 2.05) is 24.3 Å². The summed E-state index contributed by atoms with van der Waals surface area (Å²) in [6.07, 6.45) is 0. The molecule has 0 bridgehead atoms. The second-order valence-corrected chi connectivity index (χ2v) is 8.37. The van der Waals surface area contributed by atoms with E-state index in [4.69, 9.17) is 0 Å². The topological polar surface area (TPSA) is 93.4 Å². The van der Waals surface area contributed by atoms with E-state index >= 15 is 0 Å². The molecule has 130 valence electrons. The molecule has 0 amide bonds. The second kappa shape index (κ2) is 6.47. The zero-order valence-corrected chi connectivity index (χ0v) is 14.6. The van der Waals surface area contributed by atoms with Crippen LogP contribution in [0.1, 0.15) is 5.01 Å². The number of nitrogens with zero attached hydrogens (tertiary/aromatic N) is 3. The van der Waals surface area contributed by atoms with Crippen molar-refractivity contribution in [2.24, 2.45) is 0 Å². The van der Waals surface area contributed by atoms with Crippen molar-refractivity contribution in [3.8, 4) is 0 Å². The Morgan fingerprint density at radius 1 is 1.28 bits per heavy atom. The van der Waals surface area contributed by atoms with Crippen LogP contribution in [0.4, 0.5) is 10.1 Å². The quantitative estimate of drug-likeness (QED) is 0.500. The van der Waals surface area contributed by atoms with Crippen molar-refractivity contribution in [2.45, 2.75) is 11.4 Å². The number of hydrogen-bond acceptors (Lipinski definition) is 6. The van der Waals surface area contributed by atoms with E-state index in [2.05, 4.69) is 4.98 Å². The average molecular weight is 381 g/mol. The van der Waals surface area contributed by atoms with E-state index in [0.717, 1.165) is 32.7 Å². The van der Waals surface area contributed by atoms with E-state index in [9.17, 15) is 22.9 Å². The molecule has 10 heteroatoms. The lowest BCUT2D eigenvalue weighted by Gasteiger charge is -2.15. The smallest absolute Gasteiger partial charge is 0.258 e. The number of thiazole rings is 1. The van der Waals surface area contributed by atoms with E-state index < -0.39 is 26.5 Å². The van der Waals surface area contributed by atoms with Crippen LogP contribution in [0.5, 0.6) is 0 Å². The van der Waals surface area contributed by atoms with Gasteiger partial charge in [-0.05, 0) is 24.3 Å². The Hall–Kier alpha value is -2.43. The lowest BCUT2D eigenvalue weighted by molar-refractivity contribution is -0.387. The van der Waals surface area contributed by atoms with Crippen LogP contribution in [-0.4, -0.2) is 29.7 Å². The average Bonchev–Trinajstić information content (AvgIpc) is 2.96. The number of nitro groups is 1. The molecule has 0 spiro atoms. The van der Waals surface area contributed by atoms with Crippen LogP contribution in [-0.2, 0) is 16.6 Å². The van der Waals surface area contributed by atoms with E-state index in [1.54, 1.807) is 0 Å². The molecule has 1 aromatic heterocycles. The van der Waals surface area contributed by atoms with Gasteiger partial charge in [-0.25, -0.2) is 13.4 Å². The maximum atomic E-state index is 13.4. The lowest BCUT2D eigenvalue weighted by atomic mass is 10.3. The van der Waals surface area contributed by atoms with Crippen molar-refractivity contribution >= 4 is 37.3 Å². The second-order valence-electron chi connectivity index (χ2n) is 5.21. The molecule has 2 aromatic carbocycles. The Kier molecular flexibility index (Phi) is 4.50. The van der Waals surface area contributed by atoms with Crippen LogP contribution >= 0.6 is 11.3 Å². The van der Waals surface area contributed by atoms with Crippen molar-refractivity contribution in [1.82, 2.24) is 9.29 Å². The standard InChI is InChI=1S/C15H12FN3O4S2/c1-18(9-15-17-12-4-2-3-5-14(12)24-15)25(22,23)10-6-7-11(16)13(8-10)19(20)21/h2-8H,9H2,1H3. The highest BCUT2D eigenvalue weighted by molar-refractivity contribution is 7.89. The molecule has 0 unspecified atom stereocenters. The third-order valence-electron chi connectivity index (χ3n) is 3.52. The zero-order valence-electron chi connectivity index (χ0n) is 12.9. The highest BCUT2D eigenvalue weighted by Crippen LogP contribution is 2.26. The van der Waals surface area contributed by atoms with Gasteiger partial charge < -0.3 is 0 Å². The van der Waals surface area contributed by atoms with Gasteiger partial charge in [0.05, 0.1) is 26.6 Å². The summed E-state index contributed by atoms with van der Waals surface area (Å²) in [5.41, 5.74) is -0.111. The van der Waals surface area contributed by atoms with Crippen molar-refractivity contribution in [3.05, 3.63) is 63.4 Å². The van der Waals surface area contributed by atoms with Crippen LogP contribution in [0.2, 0.25) is 0 Å². The fourth-order valence-corrected chi connectivity index (χ4v) is 4.49. The number of para-hydroxylation sites is 1. The minimum Gasteiger partial charge on any atom is -0.258 e. The Balaban J connectivity index is 1.91. The van der Waals surface area contributed by atoms with Crippen molar-refractivity contribution in [1.29, 1.82) is 0 Å². The molecule has 0 saturated heterocycles. The molecule has 0 saturated carbocycles. The molecule has 0 radical (unpaired) electrons. The third-order valence-corrected chi connectivity index (χ3v) is 6.34. The van der Waals surface area contributed by atoms with E-state index in [1.165, 1.54) is 18.4 Å². The molecule has 0 aliphatic rings. The summed E-state index contributed by atoms with van der Waals surface area (Å²) in [5.74, 6) is -1.09. The predicted molar refractivity (Wildman–Crippen MR) is 91.3 cm³/mol. The number of rotatable bonds is 5. The molecular weight excluding hydrogens is 369 g/mol. The van der Waals surface area contributed by atoms with Crippen molar-refractivity contribution in [3.63, 3.8) is 0 Å².